The highest BCUT2D eigenvalue weighted by Crippen LogP contribution is 2.02. The first-order chi connectivity index (χ1) is 6.95. The Hall–Kier alpha value is -1.77. The molecule has 2 aromatic rings. The van der Waals surface area contributed by atoms with Crippen LogP contribution in [0.25, 0.3) is 0 Å². The van der Waals surface area contributed by atoms with Crippen LogP contribution in [0.3, 0.4) is 0 Å². The first kappa shape index (κ1) is 8.81. The Morgan fingerprint density at radius 1 is 1.21 bits per heavy atom. The molecular weight excluding hydrogens is 176 g/mol. The molecule has 0 unspecified atom stereocenters. The van der Waals surface area contributed by atoms with E-state index < -0.39 is 0 Å². The van der Waals surface area contributed by atoms with Crippen molar-refractivity contribution >= 4 is 0 Å². The second-order valence-corrected chi connectivity index (χ2v) is 2.98. The maximum atomic E-state index is 5.38. The second-order valence-electron chi connectivity index (χ2n) is 2.98. The van der Waals surface area contributed by atoms with Crippen molar-refractivity contribution in [3.63, 3.8) is 0 Å². The number of aromatic nitrogens is 2. The third-order valence-electron chi connectivity index (χ3n) is 1.95. The van der Waals surface area contributed by atoms with Gasteiger partial charge in [0.05, 0.1) is 6.61 Å². The van der Waals surface area contributed by atoms with E-state index in [9.17, 15) is 0 Å². The van der Waals surface area contributed by atoms with Crippen LogP contribution in [0.5, 0.6) is 6.01 Å². The number of hydrogen-bond acceptors (Lipinski definition) is 2. The summed E-state index contributed by atoms with van der Waals surface area (Å²) in [5, 5.41) is 0. The van der Waals surface area contributed by atoms with Crippen LogP contribution in [0, 0.1) is 0 Å². The standard InChI is InChI=1S/C11H12N2O/c1-2-4-10(5-3-1)6-9-14-11-12-7-8-13-11/h1-5,7-8H,6,9H2,(H,12,13). The molecule has 0 atom stereocenters. The fourth-order valence-corrected chi connectivity index (χ4v) is 1.24. The number of rotatable bonds is 4. The zero-order valence-electron chi connectivity index (χ0n) is 7.81. The van der Waals surface area contributed by atoms with E-state index in [0.717, 1.165) is 6.42 Å². The van der Waals surface area contributed by atoms with Crippen LogP contribution >= 0.6 is 0 Å². The van der Waals surface area contributed by atoms with Crippen molar-refractivity contribution in [2.45, 2.75) is 6.42 Å². The smallest absolute Gasteiger partial charge is 0.293 e. The Balaban J connectivity index is 1.79. The van der Waals surface area contributed by atoms with Crippen molar-refractivity contribution in [2.24, 2.45) is 0 Å². The molecule has 0 radical (unpaired) electrons. The minimum Gasteiger partial charge on any atom is -0.464 e. The molecule has 2 rings (SSSR count). The van der Waals surface area contributed by atoms with Gasteiger partial charge in [0.2, 0.25) is 0 Å². The summed E-state index contributed by atoms with van der Waals surface area (Å²) in [5.74, 6) is 0. The summed E-state index contributed by atoms with van der Waals surface area (Å²) in [6, 6.07) is 10.8. The number of benzene rings is 1. The lowest BCUT2D eigenvalue weighted by Gasteiger charge is -2.02. The number of nitrogens with zero attached hydrogens (tertiary/aromatic N) is 1. The van der Waals surface area contributed by atoms with E-state index in [-0.39, 0.29) is 0 Å². The molecule has 14 heavy (non-hydrogen) atoms. The molecule has 0 amide bonds. The molecule has 3 nitrogen and oxygen atoms in total. The van der Waals surface area contributed by atoms with E-state index in [1.54, 1.807) is 12.4 Å². The van der Waals surface area contributed by atoms with Crippen LogP contribution in [-0.2, 0) is 6.42 Å². The van der Waals surface area contributed by atoms with E-state index in [2.05, 4.69) is 22.1 Å². The molecule has 0 saturated heterocycles. The molecule has 1 N–H and O–H groups in total. The fourth-order valence-electron chi connectivity index (χ4n) is 1.24. The van der Waals surface area contributed by atoms with Crippen molar-refractivity contribution in [3.05, 3.63) is 48.3 Å². The van der Waals surface area contributed by atoms with Crippen LogP contribution in [0.2, 0.25) is 0 Å². The largest absolute Gasteiger partial charge is 0.464 e. The van der Waals surface area contributed by atoms with Gasteiger partial charge in [-0.3, -0.25) is 0 Å². The van der Waals surface area contributed by atoms with Crippen molar-refractivity contribution in [2.75, 3.05) is 6.61 Å². The van der Waals surface area contributed by atoms with E-state index in [4.69, 9.17) is 4.74 Å². The molecule has 0 aliphatic carbocycles. The molecule has 72 valence electrons. The Kier molecular flexibility index (Phi) is 2.81. The van der Waals surface area contributed by atoms with Crippen LogP contribution in [0.1, 0.15) is 5.56 Å². The number of ether oxygens (including phenoxy) is 1. The van der Waals surface area contributed by atoms with Gasteiger partial charge >= 0.3 is 0 Å². The van der Waals surface area contributed by atoms with Crippen molar-refractivity contribution in [1.82, 2.24) is 9.97 Å². The molecule has 0 fully saturated rings. The summed E-state index contributed by atoms with van der Waals surface area (Å²) in [6.45, 7) is 0.650. The summed E-state index contributed by atoms with van der Waals surface area (Å²) in [4.78, 5) is 6.86. The normalized spacial score (nSPS) is 10.0. The number of imidazole rings is 1. The van der Waals surface area contributed by atoms with Crippen molar-refractivity contribution in [1.29, 1.82) is 0 Å². The molecule has 1 aromatic heterocycles. The minimum atomic E-state index is 0.584. The van der Waals surface area contributed by atoms with E-state index in [1.807, 2.05) is 18.2 Å². The molecule has 0 spiro atoms. The number of H-pyrrole nitrogens is 1. The zero-order valence-corrected chi connectivity index (χ0v) is 7.81. The van der Waals surface area contributed by atoms with E-state index >= 15 is 0 Å². The lowest BCUT2D eigenvalue weighted by Crippen LogP contribution is -2.01. The summed E-state index contributed by atoms with van der Waals surface area (Å²) >= 11 is 0. The maximum absolute atomic E-state index is 5.38. The number of nitrogens with one attached hydrogen (secondary N) is 1. The van der Waals surface area contributed by atoms with Crippen LogP contribution < -0.4 is 4.74 Å². The Morgan fingerprint density at radius 3 is 2.79 bits per heavy atom. The zero-order chi connectivity index (χ0) is 9.64. The predicted octanol–water partition coefficient (Wildman–Crippen LogP) is 2.03. The van der Waals surface area contributed by atoms with Gasteiger partial charge in [-0.05, 0) is 5.56 Å². The molecule has 1 aromatic carbocycles. The molecule has 0 bridgehead atoms. The molecule has 1 heterocycles. The molecule has 0 aliphatic heterocycles. The van der Waals surface area contributed by atoms with Gasteiger partial charge in [-0.25, -0.2) is 4.98 Å². The van der Waals surface area contributed by atoms with Crippen LogP contribution in [0.15, 0.2) is 42.7 Å². The topological polar surface area (TPSA) is 37.9 Å². The number of aromatic amines is 1. The van der Waals surface area contributed by atoms with E-state index in [0.29, 0.717) is 12.6 Å². The third kappa shape index (κ3) is 2.36. The third-order valence-corrected chi connectivity index (χ3v) is 1.95. The molecular formula is C11H12N2O. The molecule has 3 heteroatoms. The highest BCUT2D eigenvalue weighted by molar-refractivity contribution is 5.14. The highest BCUT2D eigenvalue weighted by atomic mass is 16.5. The number of hydrogen-bond donors (Lipinski definition) is 1. The Morgan fingerprint density at radius 2 is 2.07 bits per heavy atom. The first-order valence-electron chi connectivity index (χ1n) is 4.61. The fraction of sp³-hybridized carbons (Fsp3) is 0.182. The van der Waals surface area contributed by atoms with Crippen LogP contribution in [0.4, 0.5) is 0 Å². The maximum Gasteiger partial charge on any atom is 0.293 e. The first-order valence-corrected chi connectivity index (χ1v) is 4.61. The average Bonchev–Trinajstić information content (AvgIpc) is 2.72. The second kappa shape index (κ2) is 4.46. The molecule has 0 saturated carbocycles. The van der Waals surface area contributed by atoms with Gasteiger partial charge in [0.15, 0.2) is 0 Å². The van der Waals surface area contributed by atoms with Gasteiger partial charge < -0.3 is 9.72 Å². The minimum absolute atomic E-state index is 0.584. The van der Waals surface area contributed by atoms with Gasteiger partial charge in [0.1, 0.15) is 0 Å². The molecule has 0 aliphatic rings. The highest BCUT2D eigenvalue weighted by Gasteiger charge is 1.95. The summed E-state index contributed by atoms with van der Waals surface area (Å²) < 4.78 is 5.38. The van der Waals surface area contributed by atoms with Gasteiger partial charge in [-0.15, -0.1) is 0 Å². The van der Waals surface area contributed by atoms with Gasteiger partial charge in [0.25, 0.3) is 6.01 Å². The lowest BCUT2D eigenvalue weighted by molar-refractivity contribution is 0.299. The van der Waals surface area contributed by atoms with Gasteiger partial charge in [0, 0.05) is 18.8 Å². The summed E-state index contributed by atoms with van der Waals surface area (Å²) in [6.07, 6.45) is 4.33. The summed E-state index contributed by atoms with van der Waals surface area (Å²) in [5.41, 5.74) is 1.28. The monoisotopic (exact) mass is 188 g/mol. The van der Waals surface area contributed by atoms with E-state index in [1.165, 1.54) is 5.56 Å². The van der Waals surface area contributed by atoms with Crippen LogP contribution in [-0.4, -0.2) is 16.6 Å². The average molecular weight is 188 g/mol. The van der Waals surface area contributed by atoms with Gasteiger partial charge in [-0.2, -0.15) is 0 Å². The Bertz CT molecular complexity index is 356. The quantitative estimate of drug-likeness (QED) is 0.797. The van der Waals surface area contributed by atoms with Gasteiger partial charge in [-0.1, -0.05) is 30.3 Å². The Labute approximate surface area is 82.8 Å². The van der Waals surface area contributed by atoms with Crippen molar-refractivity contribution < 1.29 is 4.74 Å². The lowest BCUT2D eigenvalue weighted by atomic mass is 10.2. The SMILES string of the molecule is c1ccc(CCOc2ncc[nH]2)cc1. The predicted molar refractivity (Wildman–Crippen MR) is 54.2 cm³/mol. The van der Waals surface area contributed by atoms with Crippen molar-refractivity contribution in [3.8, 4) is 6.01 Å². The summed E-state index contributed by atoms with van der Waals surface area (Å²) in [7, 11) is 0.